The molecular weight excluding hydrogens is 230 g/mol. The summed E-state index contributed by atoms with van der Waals surface area (Å²) >= 11 is 0. The highest BCUT2D eigenvalue weighted by atomic mass is 16.4. The van der Waals surface area contributed by atoms with Crippen LogP contribution in [0.2, 0.25) is 0 Å². The van der Waals surface area contributed by atoms with Crippen molar-refractivity contribution in [1.29, 1.82) is 0 Å². The van der Waals surface area contributed by atoms with Gasteiger partial charge in [-0.05, 0) is 18.1 Å². The van der Waals surface area contributed by atoms with Crippen molar-refractivity contribution >= 4 is 22.8 Å². The fourth-order valence-electron chi connectivity index (χ4n) is 1.62. The van der Waals surface area contributed by atoms with E-state index >= 15 is 0 Å². The van der Waals surface area contributed by atoms with Crippen molar-refractivity contribution in [2.24, 2.45) is 5.92 Å². The van der Waals surface area contributed by atoms with Gasteiger partial charge in [0.15, 0.2) is 0 Å². The number of fused-ring (bicyclic) bond motifs is 1. The van der Waals surface area contributed by atoms with E-state index in [0.717, 1.165) is 6.54 Å². The van der Waals surface area contributed by atoms with Gasteiger partial charge in [-0.1, -0.05) is 19.9 Å². The lowest BCUT2D eigenvalue weighted by Gasteiger charge is -2.08. The smallest absolute Gasteiger partial charge is 0.336 e. The van der Waals surface area contributed by atoms with Gasteiger partial charge >= 0.3 is 5.97 Å². The molecule has 0 aliphatic rings. The first kappa shape index (κ1) is 12.3. The Balaban J connectivity index is 2.38. The minimum atomic E-state index is -0.966. The van der Waals surface area contributed by atoms with E-state index in [9.17, 15) is 4.79 Å². The second-order valence-electron chi connectivity index (χ2n) is 4.51. The van der Waals surface area contributed by atoms with Crippen molar-refractivity contribution in [3.05, 3.63) is 30.0 Å². The number of hydrogen-bond donors (Lipinski definition) is 2. The van der Waals surface area contributed by atoms with Gasteiger partial charge in [0.1, 0.15) is 0 Å². The molecule has 0 atom stereocenters. The molecule has 1 aromatic carbocycles. The van der Waals surface area contributed by atoms with Gasteiger partial charge in [0.05, 0.1) is 11.1 Å². The number of carboxylic acids is 1. The second-order valence-corrected chi connectivity index (χ2v) is 4.51. The van der Waals surface area contributed by atoms with Crippen LogP contribution in [-0.4, -0.2) is 27.6 Å². The SMILES string of the molecule is CC(C)CNc1ncc2c(C(=O)O)cccc2n1. The second kappa shape index (κ2) is 5.00. The largest absolute Gasteiger partial charge is 0.478 e. The van der Waals surface area contributed by atoms with Crippen LogP contribution < -0.4 is 5.32 Å². The summed E-state index contributed by atoms with van der Waals surface area (Å²) in [5.74, 6) is 0.0560. The van der Waals surface area contributed by atoms with Gasteiger partial charge in [-0.25, -0.2) is 14.8 Å². The number of carboxylic acid groups (broad SMARTS) is 1. The van der Waals surface area contributed by atoms with Crippen LogP contribution in [0.3, 0.4) is 0 Å². The quantitative estimate of drug-likeness (QED) is 0.865. The van der Waals surface area contributed by atoms with E-state index < -0.39 is 5.97 Å². The van der Waals surface area contributed by atoms with E-state index in [-0.39, 0.29) is 5.56 Å². The Bertz CT molecular complexity index is 581. The van der Waals surface area contributed by atoms with Crippen LogP contribution in [0.15, 0.2) is 24.4 Å². The predicted octanol–water partition coefficient (Wildman–Crippen LogP) is 2.40. The molecule has 0 aliphatic carbocycles. The molecule has 2 aromatic rings. The van der Waals surface area contributed by atoms with Crippen LogP contribution in [0.5, 0.6) is 0 Å². The Kier molecular flexibility index (Phi) is 3.41. The molecular formula is C13H15N3O2. The highest BCUT2D eigenvalue weighted by molar-refractivity contribution is 6.02. The van der Waals surface area contributed by atoms with Crippen molar-refractivity contribution in [3.8, 4) is 0 Å². The molecule has 0 bridgehead atoms. The normalized spacial score (nSPS) is 10.8. The highest BCUT2D eigenvalue weighted by Gasteiger charge is 2.09. The molecule has 2 N–H and O–H groups in total. The maximum absolute atomic E-state index is 11.0. The Morgan fingerprint density at radius 2 is 2.22 bits per heavy atom. The molecule has 0 saturated heterocycles. The van der Waals surface area contributed by atoms with E-state index in [4.69, 9.17) is 5.11 Å². The molecule has 0 radical (unpaired) electrons. The van der Waals surface area contributed by atoms with Gasteiger partial charge in [-0.3, -0.25) is 0 Å². The third-order valence-corrected chi connectivity index (χ3v) is 2.52. The molecule has 0 amide bonds. The molecule has 0 aliphatic heterocycles. The maximum Gasteiger partial charge on any atom is 0.336 e. The van der Waals surface area contributed by atoms with Gasteiger partial charge in [0, 0.05) is 18.1 Å². The minimum Gasteiger partial charge on any atom is -0.478 e. The van der Waals surface area contributed by atoms with Crippen LogP contribution in [0.4, 0.5) is 5.95 Å². The number of benzene rings is 1. The van der Waals surface area contributed by atoms with Gasteiger partial charge in [0.2, 0.25) is 5.95 Å². The van der Waals surface area contributed by atoms with Crippen molar-refractivity contribution in [2.75, 3.05) is 11.9 Å². The molecule has 1 aromatic heterocycles. The van der Waals surface area contributed by atoms with Crippen LogP contribution in [0.25, 0.3) is 10.9 Å². The topological polar surface area (TPSA) is 75.1 Å². The molecule has 1 heterocycles. The van der Waals surface area contributed by atoms with Crippen molar-refractivity contribution in [3.63, 3.8) is 0 Å². The summed E-state index contributed by atoms with van der Waals surface area (Å²) in [7, 11) is 0. The van der Waals surface area contributed by atoms with Gasteiger partial charge in [-0.2, -0.15) is 0 Å². The fourth-order valence-corrected chi connectivity index (χ4v) is 1.62. The third kappa shape index (κ3) is 2.56. The number of carbonyl (C=O) groups is 1. The van der Waals surface area contributed by atoms with E-state index in [1.807, 2.05) is 0 Å². The van der Waals surface area contributed by atoms with Crippen LogP contribution >= 0.6 is 0 Å². The Hall–Kier alpha value is -2.17. The molecule has 5 heteroatoms. The zero-order valence-corrected chi connectivity index (χ0v) is 10.3. The lowest BCUT2D eigenvalue weighted by Crippen LogP contribution is -2.10. The summed E-state index contributed by atoms with van der Waals surface area (Å²) in [4.78, 5) is 19.5. The number of nitrogens with one attached hydrogen (secondary N) is 1. The number of aromatic nitrogens is 2. The molecule has 0 saturated carbocycles. The number of aromatic carboxylic acids is 1. The lowest BCUT2D eigenvalue weighted by atomic mass is 10.1. The summed E-state index contributed by atoms with van der Waals surface area (Å²) < 4.78 is 0. The lowest BCUT2D eigenvalue weighted by molar-refractivity contribution is 0.0699. The van der Waals surface area contributed by atoms with Gasteiger partial charge in [0.25, 0.3) is 0 Å². The van der Waals surface area contributed by atoms with Crippen molar-refractivity contribution < 1.29 is 9.90 Å². The van der Waals surface area contributed by atoms with Gasteiger partial charge in [-0.15, -0.1) is 0 Å². The molecule has 0 spiro atoms. The summed E-state index contributed by atoms with van der Waals surface area (Å²) in [6.45, 7) is 4.97. The Labute approximate surface area is 105 Å². The zero-order valence-electron chi connectivity index (χ0n) is 10.3. The third-order valence-electron chi connectivity index (χ3n) is 2.52. The average molecular weight is 245 g/mol. The number of nitrogens with zero attached hydrogens (tertiary/aromatic N) is 2. The van der Waals surface area contributed by atoms with Gasteiger partial charge < -0.3 is 10.4 Å². The molecule has 94 valence electrons. The first-order valence-electron chi connectivity index (χ1n) is 5.81. The average Bonchev–Trinajstić information content (AvgIpc) is 2.35. The van der Waals surface area contributed by atoms with Crippen LogP contribution in [-0.2, 0) is 0 Å². The summed E-state index contributed by atoms with van der Waals surface area (Å²) in [5, 5.41) is 12.7. The zero-order chi connectivity index (χ0) is 13.1. The molecule has 0 unspecified atom stereocenters. The highest BCUT2D eigenvalue weighted by Crippen LogP contribution is 2.17. The monoisotopic (exact) mass is 245 g/mol. The fraction of sp³-hybridized carbons (Fsp3) is 0.308. The molecule has 0 fully saturated rings. The number of anilines is 1. The summed E-state index contributed by atoms with van der Waals surface area (Å²) in [6.07, 6.45) is 1.55. The molecule has 2 rings (SSSR count). The van der Waals surface area contributed by atoms with E-state index in [0.29, 0.717) is 22.8 Å². The summed E-state index contributed by atoms with van der Waals surface area (Å²) in [5.41, 5.74) is 0.860. The van der Waals surface area contributed by atoms with E-state index in [1.54, 1.807) is 24.4 Å². The van der Waals surface area contributed by atoms with Crippen LogP contribution in [0.1, 0.15) is 24.2 Å². The van der Waals surface area contributed by atoms with E-state index in [1.165, 1.54) is 0 Å². The first-order chi connectivity index (χ1) is 8.58. The first-order valence-corrected chi connectivity index (χ1v) is 5.81. The standard InChI is InChI=1S/C13H15N3O2/c1-8(2)6-14-13-15-7-10-9(12(17)18)4-3-5-11(10)16-13/h3-5,7-8H,6H2,1-2H3,(H,17,18)(H,14,15,16). The Morgan fingerprint density at radius 1 is 1.44 bits per heavy atom. The van der Waals surface area contributed by atoms with Crippen molar-refractivity contribution in [2.45, 2.75) is 13.8 Å². The van der Waals surface area contributed by atoms with Crippen molar-refractivity contribution in [1.82, 2.24) is 9.97 Å². The number of rotatable bonds is 4. The maximum atomic E-state index is 11.0. The molecule has 18 heavy (non-hydrogen) atoms. The number of hydrogen-bond acceptors (Lipinski definition) is 4. The predicted molar refractivity (Wildman–Crippen MR) is 69.8 cm³/mol. The van der Waals surface area contributed by atoms with E-state index in [2.05, 4.69) is 29.1 Å². The summed E-state index contributed by atoms with van der Waals surface area (Å²) in [6, 6.07) is 5.02. The minimum absolute atomic E-state index is 0.225. The molecule has 5 nitrogen and oxygen atoms in total. The van der Waals surface area contributed by atoms with Crippen LogP contribution in [0, 0.1) is 5.92 Å². The Morgan fingerprint density at radius 3 is 2.89 bits per heavy atom.